The molecule has 7 nitrogen and oxygen atoms in total. The van der Waals surface area contributed by atoms with Crippen LogP contribution < -0.4 is 10.6 Å². The minimum atomic E-state index is -0.606. The summed E-state index contributed by atoms with van der Waals surface area (Å²) in [4.78, 5) is 42.9. The summed E-state index contributed by atoms with van der Waals surface area (Å²) in [5, 5.41) is 6.00. The van der Waals surface area contributed by atoms with Crippen molar-refractivity contribution in [2.24, 2.45) is 0 Å². The number of hydrogen-bond acceptors (Lipinski definition) is 5. The van der Waals surface area contributed by atoms with Crippen LogP contribution in [0.1, 0.15) is 52.2 Å². The molecule has 35 heavy (non-hydrogen) atoms. The maximum Gasteiger partial charge on any atom is 0.255 e. The Kier molecular flexibility index (Phi) is 5.41. The van der Waals surface area contributed by atoms with Gasteiger partial charge in [-0.15, -0.1) is 0 Å². The van der Waals surface area contributed by atoms with Gasteiger partial charge < -0.3 is 10.2 Å². The highest BCUT2D eigenvalue weighted by atomic mass is 16.2. The van der Waals surface area contributed by atoms with Gasteiger partial charge in [0.05, 0.1) is 5.69 Å². The van der Waals surface area contributed by atoms with E-state index in [1.54, 1.807) is 4.90 Å². The minimum absolute atomic E-state index is 0.163. The van der Waals surface area contributed by atoms with Gasteiger partial charge in [0.1, 0.15) is 6.04 Å². The highest BCUT2D eigenvalue weighted by Gasteiger charge is 2.39. The Labute approximate surface area is 203 Å². The zero-order valence-corrected chi connectivity index (χ0v) is 19.2. The van der Waals surface area contributed by atoms with Crippen LogP contribution in [-0.4, -0.2) is 39.7 Å². The Morgan fingerprint density at radius 1 is 1.03 bits per heavy atom. The van der Waals surface area contributed by atoms with Gasteiger partial charge in [0.25, 0.3) is 5.91 Å². The first-order valence-corrected chi connectivity index (χ1v) is 12.1. The summed E-state index contributed by atoms with van der Waals surface area (Å²) in [5.41, 5.74) is 5.84. The van der Waals surface area contributed by atoms with Crippen molar-refractivity contribution in [2.45, 2.75) is 50.4 Å². The number of carbonyl (C=O) groups excluding carboxylic acids is 3. The summed E-state index contributed by atoms with van der Waals surface area (Å²) >= 11 is 0. The van der Waals surface area contributed by atoms with Crippen LogP contribution in [0.25, 0.3) is 11.3 Å². The largest absolute Gasteiger partial charge is 0.322 e. The molecule has 3 aromatic rings. The molecule has 0 bridgehead atoms. The number of fused-ring (bicyclic) bond motifs is 1. The molecule has 1 unspecified atom stereocenters. The Bertz CT molecular complexity index is 1320. The van der Waals surface area contributed by atoms with E-state index in [1.807, 2.05) is 36.5 Å². The van der Waals surface area contributed by atoms with Crippen LogP contribution in [0.15, 0.2) is 66.9 Å². The molecule has 2 N–H and O–H groups in total. The third-order valence-electron chi connectivity index (χ3n) is 7.23. The highest BCUT2D eigenvalue weighted by molar-refractivity contribution is 6.05. The molecular weight excluding hydrogens is 440 g/mol. The summed E-state index contributed by atoms with van der Waals surface area (Å²) < 4.78 is 0. The summed E-state index contributed by atoms with van der Waals surface area (Å²) in [5.74, 6) is -0.256. The Morgan fingerprint density at radius 2 is 1.89 bits per heavy atom. The lowest BCUT2D eigenvalue weighted by Crippen LogP contribution is -2.52. The van der Waals surface area contributed by atoms with Crippen molar-refractivity contribution >= 4 is 17.7 Å². The van der Waals surface area contributed by atoms with Gasteiger partial charge in [0.2, 0.25) is 11.8 Å². The standard InChI is InChI=1S/C28H26N4O3/c33-26-9-8-25(27(34)31-26)32-16-20-13-19(6-7-21(20)28(32)35)23-12-17(10-11-29-23)15-30-24-14-22(24)18-4-2-1-3-5-18/h1-7,10-13,22,24-25,30H,8-9,14-16H2,(H,31,33,34)/t22-,24+,25?/m0/s1. The molecule has 1 saturated heterocycles. The molecular formula is C28H26N4O3. The number of pyridine rings is 1. The number of rotatable bonds is 6. The van der Waals surface area contributed by atoms with Crippen LogP contribution in [0.3, 0.4) is 0 Å². The molecule has 6 rings (SSSR count). The first-order valence-electron chi connectivity index (χ1n) is 12.1. The van der Waals surface area contributed by atoms with E-state index in [0.717, 1.165) is 35.3 Å². The molecule has 2 aliphatic heterocycles. The molecule has 3 atom stereocenters. The fraction of sp³-hybridized carbons (Fsp3) is 0.286. The number of benzene rings is 2. The van der Waals surface area contributed by atoms with Gasteiger partial charge in [0.15, 0.2) is 0 Å². The van der Waals surface area contributed by atoms with Crippen molar-refractivity contribution in [1.82, 2.24) is 20.5 Å². The highest BCUT2D eigenvalue weighted by Crippen LogP contribution is 2.40. The van der Waals surface area contributed by atoms with Crippen LogP contribution in [0.5, 0.6) is 0 Å². The van der Waals surface area contributed by atoms with Crippen LogP contribution in [-0.2, 0) is 22.7 Å². The lowest BCUT2D eigenvalue weighted by atomic mass is 10.0. The molecule has 1 saturated carbocycles. The maximum absolute atomic E-state index is 12.9. The van der Waals surface area contributed by atoms with Crippen molar-refractivity contribution in [3.05, 3.63) is 89.1 Å². The number of nitrogens with one attached hydrogen (secondary N) is 2. The lowest BCUT2D eigenvalue weighted by Gasteiger charge is -2.29. The second-order valence-electron chi connectivity index (χ2n) is 9.56. The minimum Gasteiger partial charge on any atom is -0.322 e. The van der Waals surface area contributed by atoms with Gasteiger partial charge in [-0.2, -0.15) is 0 Å². The van der Waals surface area contributed by atoms with E-state index in [-0.39, 0.29) is 18.2 Å². The van der Waals surface area contributed by atoms with E-state index >= 15 is 0 Å². The zero-order chi connectivity index (χ0) is 23.9. The van der Waals surface area contributed by atoms with Gasteiger partial charge in [-0.05, 0) is 53.8 Å². The summed E-state index contributed by atoms with van der Waals surface area (Å²) in [6, 6.07) is 20.3. The fourth-order valence-electron chi connectivity index (χ4n) is 5.21. The molecule has 3 heterocycles. The van der Waals surface area contributed by atoms with Gasteiger partial charge in [-0.1, -0.05) is 36.4 Å². The molecule has 1 aromatic heterocycles. The maximum atomic E-state index is 12.9. The van der Waals surface area contributed by atoms with Crippen LogP contribution in [0, 0.1) is 0 Å². The Balaban J connectivity index is 1.14. The third-order valence-corrected chi connectivity index (χ3v) is 7.23. The van der Waals surface area contributed by atoms with Gasteiger partial charge in [-0.3, -0.25) is 24.7 Å². The molecule has 3 aliphatic rings. The number of nitrogens with zero attached hydrogens (tertiary/aromatic N) is 2. The van der Waals surface area contributed by atoms with E-state index in [9.17, 15) is 14.4 Å². The second-order valence-corrected chi connectivity index (χ2v) is 9.56. The van der Waals surface area contributed by atoms with Crippen LogP contribution in [0.2, 0.25) is 0 Å². The number of imide groups is 1. The number of hydrogen-bond donors (Lipinski definition) is 2. The first-order chi connectivity index (χ1) is 17.1. The Hall–Kier alpha value is -3.84. The van der Waals surface area contributed by atoms with Gasteiger partial charge in [0, 0.05) is 48.8 Å². The molecule has 2 fully saturated rings. The van der Waals surface area contributed by atoms with Crippen molar-refractivity contribution in [3.63, 3.8) is 0 Å². The van der Waals surface area contributed by atoms with Crippen LogP contribution >= 0.6 is 0 Å². The number of carbonyl (C=O) groups is 3. The van der Waals surface area contributed by atoms with Crippen molar-refractivity contribution in [1.29, 1.82) is 0 Å². The predicted molar refractivity (Wildman–Crippen MR) is 130 cm³/mol. The lowest BCUT2D eigenvalue weighted by molar-refractivity contribution is -0.136. The first kappa shape index (κ1) is 21.7. The molecule has 0 radical (unpaired) electrons. The van der Waals surface area contributed by atoms with E-state index in [2.05, 4.69) is 45.9 Å². The van der Waals surface area contributed by atoms with E-state index in [0.29, 0.717) is 30.5 Å². The van der Waals surface area contributed by atoms with Crippen LogP contribution in [0.4, 0.5) is 0 Å². The zero-order valence-electron chi connectivity index (χ0n) is 19.2. The fourth-order valence-corrected chi connectivity index (χ4v) is 5.21. The molecule has 2 aromatic carbocycles. The van der Waals surface area contributed by atoms with E-state index in [1.165, 1.54) is 5.56 Å². The summed E-state index contributed by atoms with van der Waals surface area (Å²) in [7, 11) is 0. The van der Waals surface area contributed by atoms with Crippen molar-refractivity contribution in [2.75, 3.05) is 0 Å². The van der Waals surface area contributed by atoms with Crippen molar-refractivity contribution in [3.8, 4) is 11.3 Å². The summed E-state index contributed by atoms with van der Waals surface area (Å²) in [6.45, 7) is 1.13. The topological polar surface area (TPSA) is 91.4 Å². The quantitative estimate of drug-likeness (QED) is 0.545. The second kappa shape index (κ2) is 8.74. The monoisotopic (exact) mass is 466 g/mol. The molecule has 176 valence electrons. The average molecular weight is 467 g/mol. The normalized spacial score (nSPS) is 23.3. The summed E-state index contributed by atoms with van der Waals surface area (Å²) in [6.07, 6.45) is 3.59. The van der Waals surface area contributed by atoms with E-state index < -0.39 is 11.9 Å². The smallest absolute Gasteiger partial charge is 0.255 e. The average Bonchev–Trinajstić information content (AvgIpc) is 3.59. The number of aromatic nitrogens is 1. The third kappa shape index (κ3) is 4.23. The van der Waals surface area contributed by atoms with Gasteiger partial charge >= 0.3 is 0 Å². The molecule has 7 heteroatoms. The number of piperidine rings is 1. The van der Waals surface area contributed by atoms with Crippen molar-refractivity contribution < 1.29 is 14.4 Å². The van der Waals surface area contributed by atoms with Gasteiger partial charge in [-0.25, -0.2) is 0 Å². The molecule has 3 amide bonds. The number of amides is 3. The molecule has 0 spiro atoms. The Morgan fingerprint density at radius 3 is 2.71 bits per heavy atom. The van der Waals surface area contributed by atoms with E-state index in [4.69, 9.17) is 0 Å². The predicted octanol–water partition coefficient (Wildman–Crippen LogP) is 3.16. The SMILES string of the molecule is O=C1CCC(N2Cc3cc(-c4cc(CN[C@@H]5C[C@H]5c5ccccc5)ccn4)ccc3C2=O)C(=O)N1. The molecule has 1 aliphatic carbocycles.